The van der Waals surface area contributed by atoms with Gasteiger partial charge in [-0.05, 0) is 24.3 Å². The predicted molar refractivity (Wildman–Crippen MR) is 61.1 cm³/mol. The molecule has 6 heteroatoms. The third-order valence-electron chi connectivity index (χ3n) is 2.20. The van der Waals surface area contributed by atoms with Gasteiger partial charge in [0.2, 0.25) is 5.76 Å². The average molecular weight is 246 g/mol. The number of furan rings is 1. The Morgan fingerprint density at radius 3 is 2.61 bits per heavy atom. The molecule has 6 nitrogen and oxygen atoms in total. The number of aromatic nitrogens is 1. The summed E-state index contributed by atoms with van der Waals surface area (Å²) in [5, 5.41) is 11.2. The van der Waals surface area contributed by atoms with Crippen molar-refractivity contribution in [3.63, 3.8) is 0 Å². The minimum absolute atomic E-state index is 0.0386. The summed E-state index contributed by atoms with van der Waals surface area (Å²) in [6.45, 7) is 0.253. The van der Waals surface area contributed by atoms with E-state index in [1.54, 1.807) is 18.3 Å². The van der Waals surface area contributed by atoms with Crippen molar-refractivity contribution < 1.29 is 19.1 Å². The Hall–Kier alpha value is -2.63. The van der Waals surface area contributed by atoms with Crippen LogP contribution in [0.25, 0.3) is 0 Å². The molecule has 0 spiro atoms. The molecule has 0 aliphatic heterocycles. The minimum Gasteiger partial charge on any atom is -0.475 e. The van der Waals surface area contributed by atoms with Crippen LogP contribution in [0, 0.1) is 0 Å². The molecule has 18 heavy (non-hydrogen) atoms. The Morgan fingerprint density at radius 2 is 2.00 bits per heavy atom. The van der Waals surface area contributed by atoms with E-state index in [4.69, 9.17) is 9.52 Å². The number of carboxylic acids is 1. The molecule has 0 radical (unpaired) electrons. The first-order valence-electron chi connectivity index (χ1n) is 5.18. The van der Waals surface area contributed by atoms with E-state index in [-0.39, 0.29) is 18.1 Å². The Labute approximate surface area is 102 Å². The van der Waals surface area contributed by atoms with E-state index >= 15 is 0 Å². The number of nitrogens with zero attached hydrogens (tertiary/aromatic N) is 1. The van der Waals surface area contributed by atoms with Gasteiger partial charge in [-0.2, -0.15) is 0 Å². The van der Waals surface area contributed by atoms with Crippen LogP contribution in [0.3, 0.4) is 0 Å². The van der Waals surface area contributed by atoms with Crippen molar-refractivity contribution in [3.05, 3.63) is 53.7 Å². The van der Waals surface area contributed by atoms with Gasteiger partial charge in [-0.25, -0.2) is 4.79 Å². The fourth-order valence-corrected chi connectivity index (χ4v) is 1.34. The Morgan fingerprint density at radius 1 is 1.22 bits per heavy atom. The standard InChI is InChI=1S/C12H10N2O4/c15-11(9-4-5-10(18-9)12(16)17)14-7-8-3-1-2-6-13-8/h1-6H,7H2,(H,14,15)(H,16,17). The Kier molecular flexibility index (Phi) is 3.38. The molecule has 0 aliphatic carbocycles. The normalized spacial score (nSPS) is 10.0. The summed E-state index contributed by atoms with van der Waals surface area (Å²) in [6.07, 6.45) is 1.62. The number of pyridine rings is 1. The van der Waals surface area contributed by atoms with Gasteiger partial charge < -0.3 is 14.8 Å². The lowest BCUT2D eigenvalue weighted by atomic mass is 10.3. The molecule has 0 atom stereocenters. The van der Waals surface area contributed by atoms with Crippen molar-refractivity contribution in [2.24, 2.45) is 0 Å². The van der Waals surface area contributed by atoms with E-state index in [0.717, 1.165) is 0 Å². The zero-order chi connectivity index (χ0) is 13.0. The first kappa shape index (κ1) is 11.8. The van der Waals surface area contributed by atoms with E-state index in [9.17, 15) is 9.59 Å². The highest BCUT2D eigenvalue weighted by atomic mass is 16.4. The Bertz CT molecular complexity index is 562. The summed E-state index contributed by atoms with van der Waals surface area (Å²) in [7, 11) is 0. The molecule has 0 fully saturated rings. The number of rotatable bonds is 4. The molecule has 2 N–H and O–H groups in total. The van der Waals surface area contributed by atoms with E-state index in [2.05, 4.69) is 10.3 Å². The molecular formula is C12H10N2O4. The van der Waals surface area contributed by atoms with Crippen LogP contribution >= 0.6 is 0 Å². The highest BCUT2D eigenvalue weighted by molar-refractivity contribution is 5.93. The number of aromatic carboxylic acids is 1. The van der Waals surface area contributed by atoms with Crippen LogP contribution in [0.15, 0.2) is 40.9 Å². The maximum absolute atomic E-state index is 11.6. The van der Waals surface area contributed by atoms with E-state index in [1.165, 1.54) is 12.1 Å². The van der Waals surface area contributed by atoms with Gasteiger partial charge in [0, 0.05) is 6.20 Å². The van der Waals surface area contributed by atoms with Crippen molar-refractivity contribution in [3.8, 4) is 0 Å². The maximum Gasteiger partial charge on any atom is 0.371 e. The van der Waals surface area contributed by atoms with Gasteiger partial charge >= 0.3 is 5.97 Å². The van der Waals surface area contributed by atoms with E-state index in [0.29, 0.717) is 5.69 Å². The van der Waals surface area contributed by atoms with Gasteiger partial charge in [0.15, 0.2) is 5.76 Å². The SMILES string of the molecule is O=C(O)c1ccc(C(=O)NCc2ccccn2)o1. The second kappa shape index (κ2) is 5.13. The summed E-state index contributed by atoms with van der Waals surface area (Å²) in [6, 6.07) is 7.90. The highest BCUT2D eigenvalue weighted by Crippen LogP contribution is 2.07. The lowest BCUT2D eigenvalue weighted by Crippen LogP contribution is -2.22. The first-order valence-corrected chi connectivity index (χ1v) is 5.18. The van der Waals surface area contributed by atoms with Crippen molar-refractivity contribution in [1.82, 2.24) is 10.3 Å². The van der Waals surface area contributed by atoms with Crippen LogP contribution in [0.2, 0.25) is 0 Å². The fraction of sp³-hybridized carbons (Fsp3) is 0.0833. The van der Waals surface area contributed by atoms with Gasteiger partial charge in [0.25, 0.3) is 5.91 Å². The van der Waals surface area contributed by atoms with Gasteiger partial charge in [-0.1, -0.05) is 6.07 Å². The van der Waals surface area contributed by atoms with E-state index < -0.39 is 11.9 Å². The van der Waals surface area contributed by atoms with E-state index in [1.807, 2.05) is 6.07 Å². The molecule has 0 aromatic carbocycles. The van der Waals surface area contributed by atoms with Crippen molar-refractivity contribution in [2.45, 2.75) is 6.54 Å². The Balaban J connectivity index is 1.97. The molecule has 2 rings (SSSR count). The summed E-state index contributed by atoms with van der Waals surface area (Å²) < 4.78 is 4.86. The number of carbonyl (C=O) groups is 2. The van der Waals surface area contributed by atoms with Crippen LogP contribution in [-0.4, -0.2) is 22.0 Å². The van der Waals surface area contributed by atoms with Gasteiger partial charge in [0.1, 0.15) is 0 Å². The molecular weight excluding hydrogens is 236 g/mol. The number of carbonyl (C=O) groups excluding carboxylic acids is 1. The summed E-state index contributed by atoms with van der Waals surface area (Å²) >= 11 is 0. The zero-order valence-corrected chi connectivity index (χ0v) is 9.29. The molecule has 2 heterocycles. The lowest BCUT2D eigenvalue weighted by molar-refractivity contribution is 0.0659. The average Bonchev–Trinajstić information content (AvgIpc) is 2.87. The monoisotopic (exact) mass is 246 g/mol. The molecule has 0 saturated heterocycles. The first-order chi connectivity index (χ1) is 8.66. The molecule has 0 unspecified atom stereocenters. The van der Waals surface area contributed by atoms with Crippen molar-refractivity contribution in [1.29, 1.82) is 0 Å². The van der Waals surface area contributed by atoms with Crippen LogP contribution in [0.5, 0.6) is 0 Å². The predicted octanol–water partition coefficient (Wildman–Crippen LogP) is 1.30. The largest absolute Gasteiger partial charge is 0.475 e. The van der Waals surface area contributed by atoms with Gasteiger partial charge in [-0.15, -0.1) is 0 Å². The highest BCUT2D eigenvalue weighted by Gasteiger charge is 2.14. The van der Waals surface area contributed by atoms with Gasteiger partial charge in [0.05, 0.1) is 12.2 Å². The molecule has 2 aromatic heterocycles. The van der Waals surface area contributed by atoms with Gasteiger partial charge in [-0.3, -0.25) is 9.78 Å². The number of amides is 1. The van der Waals surface area contributed by atoms with Crippen LogP contribution < -0.4 is 5.32 Å². The summed E-state index contributed by atoms with van der Waals surface area (Å²) in [5.41, 5.74) is 0.705. The van der Waals surface area contributed by atoms with Crippen LogP contribution in [0.1, 0.15) is 26.8 Å². The second-order valence-electron chi connectivity index (χ2n) is 3.47. The van der Waals surface area contributed by atoms with Crippen LogP contribution in [-0.2, 0) is 6.54 Å². The van der Waals surface area contributed by atoms with Crippen LogP contribution in [0.4, 0.5) is 0 Å². The van der Waals surface area contributed by atoms with Crippen molar-refractivity contribution in [2.75, 3.05) is 0 Å². The fourth-order valence-electron chi connectivity index (χ4n) is 1.34. The minimum atomic E-state index is -1.21. The number of hydrogen-bond acceptors (Lipinski definition) is 4. The molecule has 1 amide bonds. The molecule has 0 aliphatic rings. The number of hydrogen-bond donors (Lipinski definition) is 2. The third kappa shape index (κ3) is 2.73. The lowest BCUT2D eigenvalue weighted by Gasteiger charge is -2.01. The summed E-state index contributed by atoms with van der Waals surface area (Å²) in [4.78, 5) is 26.2. The maximum atomic E-state index is 11.6. The second-order valence-corrected chi connectivity index (χ2v) is 3.47. The number of carboxylic acid groups (broad SMARTS) is 1. The van der Waals surface area contributed by atoms with Crippen molar-refractivity contribution >= 4 is 11.9 Å². The summed E-state index contributed by atoms with van der Waals surface area (Å²) in [5.74, 6) is -1.99. The topological polar surface area (TPSA) is 92.4 Å². The molecule has 2 aromatic rings. The molecule has 92 valence electrons. The smallest absolute Gasteiger partial charge is 0.371 e. The molecule has 0 bridgehead atoms. The third-order valence-corrected chi connectivity index (χ3v) is 2.20. The quantitative estimate of drug-likeness (QED) is 0.848. The molecule has 0 saturated carbocycles. The number of nitrogens with one attached hydrogen (secondary N) is 1. The zero-order valence-electron chi connectivity index (χ0n) is 9.29.